The lowest BCUT2D eigenvalue weighted by Crippen LogP contribution is -1.88. The van der Waals surface area contributed by atoms with Gasteiger partial charge in [0.05, 0.1) is 5.71 Å². The summed E-state index contributed by atoms with van der Waals surface area (Å²) in [4.78, 5) is 0. The van der Waals surface area contributed by atoms with E-state index in [1.165, 1.54) is 6.42 Å². The second-order valence-electron chi connectivity index (χ2n) is 2.27. The molecule has 10 heavy (non-hydrogen) atoms. The Hall–Kier alpha value is -0.440. The van der Waals surface area contributed by atoms with Crippen molar-refractivity contribution in [2.75, 3.05) is 0 Å². The highest BCUT2D eigenvalue weighted by molar-refractivity contribution is 7.87. The maximum atomic E-state index is 10.7. The maximum absolute atomic E-state index is 10.7. The number of rotatable bonds is 3. The van der Waals surface area contributed by atoms with E-state index in [2.05, 4.69) is 11.3 Å². The van der Waals surface area contributed by atoms with Crippen molar-refractivity contribution in [2.45, 2.75) is 26.2 Å². The first kappa shape index (κ1) is 7.66. The minimum atomic E-state index is -1.05. The van der Waals surface area contributed by atoms with Gasteiger partial charge >= 0.3 is 0 Å². The van der Waals surface area contributed by atoms with Crippen LogP contribution < -0.4 is 0 Å². The van der Waals surface area contributed by atoms with Gasteiger partial charge in [-0.3, -0.25) is 0 Å². The molecule has 0 aromatic carbocycles. The van der Waals surface area contributed by atoms with Crippen LogP contribution in [0.3, 0.4) is 0 Å². The van der Waals surface area contributed by atoms with Crippen molar-refractivity contribution in [1.82, 2.24) is 0 Å². The van der Waals surface area contributed by atoms with Gasteiger partial charge in [-0.25, -0.2) is 4.21 Å². The van der Waals surface area contributed by atoms with Crippen LogP contribution in [0.15, 0.2) is 15.9 Å². The van der Waals surface area contributed by atoms with Crippen molar-refractivity contribution >= 4 is 16.7 Å². The van der Waals surface area contributed by atoms with Crippen LogP contribution in [-0.2, 0) is 11.0 Å². The van der Waals surface area contributed by atoms with Gasteiger partial charge in [-0.2, -0.15) is 4.40 Å². The van der Waals surface area contributed by atoms with Crippen LogP contribution in [0, 0.1) is 0 Å². The largest absolute Gasteiger partial charge is 0.230 e. The van der Waals surface area contributed by atoms with E-state index in [0.717, 1.165) is 18.6 Å². The van der Waals surface area contributed by atoms with E-state index in [4.69, 9.17) is 0 Å². The second kappa shape index (κ2) is 3.66. The Balaban J connectivity index is 2.37. The smallest absolute Gasteiger partial charge is 0.165 e. The van der Waals surface area contributed by atoms with Gasteiger partial charge < -0.3 is 0 Å². The minimum Gasteiger partial charge on any atom is -0.230 e. The molecular formula is C7H11NOS. The first-order valence-electron chi connectivity index (χ1n) is 3.49. The summed E-state index contributed by atoms with van der Waals surface area (Å²) in [5, 5.41) is 1.63. The Bertz CT molecular complexity index is 196. The van der Waals surface area contributed by atoms with E-state index >= 15 is 0 Å². The van der Waals surface area contributed by atoms with Crippen LogP contribution in [0.1, 0.15) is 26.2 Å². The molecule has 0 radical (unpaired) electrons. The lowest BCUT2D eigenvalue weighted by molar-refractivity contribution is 0.690. The molecule has 0 aliphatic carbocycles. The Morgan fingerprint density at radius 2 is 2.50 bits per heavy atom. The Morgan fingerprint density at radius 1 is 1.70 bits per heavy atom. The number of hydrogen-bond acceptors (Lipinski definition) is 1. The summed E-state index contributed by atoms with van der Waals surface area (Å²) in [6.45, 7) is 2.14. The molecule has 0 amide bonds. The fraction of sp³-hybridized carbons (Fsp3) is 0.571. The standard InChI is InChI=1S/C7H11NOS/c1-2-3-4-7-5-6-10(9)8-7/h5-6H,2-4H2,1H3. The van der Waals surface area contributed by atoms with Crippen molar-refractivity contribution in [1.29, 1.82) is 0 Å². The molecule has 0 aromatic rings. The molecule has 1 heterocycles. The third-order valence-electron chi connectivity index (χ3n) is 1.37. The van der Waals surface area contributed by atoms with Gasteiger partial charge in [-0.05, 0) is 18.9 Å². The SMILES string of the molecule is CCCCC1=NS(=O)C=C1. The Labute approximate surface area is 63.6 Å². The summed E-state index contributed by atoms with van der Waals surface area (Å²) in [7, 11) is -1.05. The molecule has 0 bridgehead atoms. The van der Waals surface area contributed by atoms with Crippen LogP contribution in [-0.4, -0.2) is 9.92 Å². The fourth-order valence-corrected chi connectivity index (χ4v) is 1.52. The summed E-state index contributed by atoms with van der Waals surface area (Å²) in [5.41, 5.74) is 0.986. The molecule has 0 spiro atoms. The van der Waals surface area contributed by atoms with Gasteiger partial charge in [0.1, 0.15) is 0 Å². The summed E-state index contributed by atoms with van der Waals surface area (Å²) in [5.74, 6) is 0. The van der Waals surface area contributed by atoms with Crippen molar-refractivity contribution in [3.8, 4) is 0 Å². The van der Waals surface area contributed by atoms with E-state index in [1.807, 2.05) is 6.08 Å². The van der Waals surface area contributed by atoms with Gasteiger partial charge in [-0.15, -0.1) is 0 Å². The predicted octanol–water partition coefficient (Wildman–Crippen LogP) is 1.81. The third kappa shape index (κ3) is 2.06. The van der Waals surface area contributed by atoms with E-state index in [9.17, 15) is 4.21 Å². The minimum absolute atomic E-state index is 0.971. The lowest BCUT2D eigenvalue weighted by atomic mass is 10.2. The van der Waals surface area contributed by atoms with Crippen LogP contribution in [0.25, 0.3) is 0 Å². The molecule has 2 nitrogen and oxygen atoms in total. The average Bonchev–Trinajstić information content (AvgIpc) is 2.31. The van der Waals surface area contributed by atoms with Gasteiger partial charge in [0.2, 0.25) is 0 Å². The quantitative estimate of drug-likeness (QED) is 0.614. The molecule has 0 saturated carbocycles. The molecule has 1 atom stereocenters. The second-order valence-corrected chi connectivity index (χ2v) is 3.27. The highest BCUT2D eigenvalue weighted by Gasteiger charge is 2.03. The van der Waals surface area contributed by atoms with Crippen molar-refractivity contribution < 1.29 is 4.21 Å². The topological polar surface area (TPSA) is 29.4 Å². The van der Waals surface area contributed by atoms with Crippen LogP contribution >= 0.6 is 0 Å². The molecule has 56 valence electrons. The number of allylic oxidation sites excluding steroid dienone is 1. The molecule has 0 aromatic heterocycles. The van der Waals surface area contributed by atoms with Crippen LogP contribution in [0.2, 0.25) is 0 Å². The van der Waals surface area contributed by atoms with E-state index in [0.29, 0.717) is 0 Å². The first-order chi connectivity index (χ1) is 4.83. The van der Waals surface area contributed by atoms with Crippen LogP contribution in [0.5, 0.6) is 0 Å². The van der Waals surface area contributed by atoms with Crippen LogP contribution in [0.4, 0.5) is 0 Å². The van der Waals surface area contributed by atoms with E-state index in [-0.39, 0.29) is 0 Å². The zero-order chi connectivity index (χ0) is 7.40. The zero-order valence-electron chi connectivity index (χ0n) is 6.04. The maximum Gasteiger partial charge on any atom is 0.165 e. The molecule has 0 N–H and O–H groups in total. The van der Waals surface area contributed by atoms with Gasteiger partial charge in [0.25, 0.3) is 0 Å². The molecule has 1 rings (SSSR count). The first-order valence-corrected chi connectivity index (χ1v) is 4.66. The summed E-state index contributed by atoms with van der Waals surface area (Å²) in [6.07, 6.45) is 5.13. The van der Waals surface area contributed by atoms with Gasteiger partial charge in [0.15, 0.2) is 11.0 Å². The van der Waals surface area contributed by atoms with Gasteiger partial charge in [0, 0.05) is 5.41 Å². The molecule has 3 heteroatoms. The Kier molecular flexibility index (Phi) is 2.81. The zero-order valence-corrected chi connectivity index (χ0v) is 6.86. The Morgan fingerprint density at radius 3 is 3.00 bits per heavy atom. The number of hydrogen-bond donors (Lipinski definition) is 0. The van der Waals surface area contributed by atoms with Gasteiger partial charge in [-0.1, -0.05) is 13.3 Å². The van der Waals surface area contributed by atoms with Crippen molar-refractivity contribution in [2.24, 2.45) is 4.40 Å². The number of nitrogens with zero attached hydrogens (tertiary/aromatic N) is 1. The monoisotopic (exact) mass is 157 g/mol. The summed E-state index contributed by atoms with van der Waals surface area (Å²) < 4.78 is 14.6. The highest BCUT2D eigenvalue weighted by atomic mass is 32.2. The molecule has 0 fully saturated rings. The predicted molar refractivity (Wildman–Crippen MR) is 44.2 cm³/mol. The molecule has 0 saturated heterocycles. The summed E-state index contributed by atoms with van der Waals surface area (Å²) in [6, 6.07) is 0. The van der Waals surface area contributed by atoms with E-state index < -0.39 is 11.0 Å². The molecular weight excluding hydrogens is 146 g/mol. The number of unbranched alkanes of at least 4 members (excludes halogenated alkanes) is 1. The van der Waals surface area contributed by atoms with Crippen molar-refractivity contribution in [3.63, 3.8) is 0 Å². The lowest BCUT2D eigenvalue weighted by Gasteiger charge is -1.91. The summed E-state index contributed by atoms with van der Waals surface area (Å²) >= 11 is 0. The van der Waals surface area contributed by atoms with Crippen molar-refractivity contribution in [3.05, 3.63) is 11.5 Å². The molecule has 1 aliphatic rings. The van der Waals surface area contributed by atoms with E-state index in [1.54, 1.807) is 5.41 Å². The molecule has 1 unspecified atom stereocenters. The normalized spacial score (nSPS) is 23.3. The average molecular weight is 157 g/mol. The fourth-order valence-electron chi connectivity index (χ4n) is 0.800. The highest BCUT2D eigenvalue weighted by Crippen LogP contribution is 2.06. The molecule has 1 aliphatic heterocycles. The third-order valence-corrected chi connectivity index (χ3v) is 2.15.